The molecule has 4 heterocycles. The van der Waals surface area contributed by atoms with E-state index in [4.69, 9.17) is 9.47 Å². The second kappa shape index (κ2) is 7.32. The van der Waals surface area contributed by atoms with E-state index < -0.39 is 0 Å². The first-order chi connectivity index (χ1) is 13.1. The van der Waals surface area contributed by atoms with E-state index in [1.54, 1.807) is 23.1 Å². The third kappa shape index (κ3) is 3.61. The second-order valence-corrected chi connectivity index (χ2v) is 6.68. The van der Waals surface area contributed by atoms with Crippen molar-refractivity contribution < 1.29 is 14.3 Å². The monoisotopic (exact) mass is 367 g/mol. The Kier molecular flexibility index (Phi) is 4.72. The number of nitrogens with zero attached hydrogens (tertiary/aromatic N) is 4. The Labute approximate surface area is 156 Å². The summed E-state index contributed by atoms with van der Waals surface area (Å²) >= 11 is 0. The SMILES string of the molecule is Cc1cccnc1C(=O)Nc1cnc2c(OC[C@@H]3CCOC3)nn(C)c2c1. The Hall–Kier alpha value is -3.00. The predicted molar refractivity (Wildman–Crippen MR) is 99.9 cm³/mol. The second-order valence-electron chi connectivity index (χ2n) is 6.68. The summed E-state index contributed by atoms with van der Waals surface area (Å²) < 4.78 is 12.9. The zero-order valence-electron chi connectivity index (χ0n) is 15.3. The molecular weight excluding hydrogens is 346 g/mol. The number of pyridine rings is 2. The quantitative estimate of drug-likeness (QED) is 0.744. The highest BCUT2D eigenvalue weighted by Crippen LogP contribution is 2.26. The summed E-state index contributed by atoms with van der Waals surface area (Å²) in [7, 11) is 1.82. The van der Waals surface area contributed by atoms with E-state index in [9.17, 15) is 4.79 Å². The number of anilines is 1. The highest BCUT2D eigenvalue weighted by molar-refractivity contribution is 6.04. The number of hydrogen-bond donors (Lipinski definition) is 1. The molecule has 0 unspecified atom stereocenters. The minimum Gasteiger partial charge on any atom is -0.475 e. The molecule has 1 atom stereocenters. The summed E-state index contributed by atoms with van der Waals surface area (Å²) in [6.45, 7) is 3.92. The number of fused-ring (bicyclic) bond motifs is 1. The fourth-order valence-corrected chi connectivity index (χ4v) is 3.09. The van der Waals surface area contributed by atoms with Crippen LogP contribution in [-0.2, 0) is 11.8 Å². The standard InChI is InChI=1S/C19H21N5O3/c1-12-4-3-6-20-16(12)18(25)22-14-8-15-17(21-9-14)19(23-24(15)2)27-11-13-5-7-26-10-13/h3-4,6,8-9,13H,5,7,10-11H2,1-2H3,(H,22,25)/t13-/m1/s1. The fraction of sp³-hybridized carbons (Fsp3) is 0.368. The first kappa shape index (κ1) is 17.4. The molecule has 0 aromatic carbocycles. The van der Waals surface area contributed by atoms with Gasteiger partial charge in [-0.05, 0) is 31.0 Å². The van der Waals surface area contributed by atoms with Crippen LogP contribution < -0.4 is 10.1 Å². The van der Waals surface area contributed by atoms with Crippen LogP contribution in [0.2, 0.25) is 0 Å². The summed E-state index contributed by atoms with van der Waals surface area (Å²) in [5.74, 6) is 0.620. The van der Waals surface area contributed by atoms with Gasteiger partial charge in [-0.2, -0.15) is 0 Å². The van der Waals surface area contributed by atoms with Crippen LogP contribution >= 0.6 is 0 Å². The third-order valence-electron chi connectivity index (χ3n) is 4.62. The van der Waals surface area contributed by atoms with Gasteiger partial charge in [-0.1, -0.05) is 6.07 Å². The van der Waals surface area contributed by atoms with Crippen molar-refractivity contribution in [3.05, 3.63) is 41.9 Å². The number of aromatic nitrogens is 4. The number of nitrogens with one attached hydrogen (secondary N) is 1. The maximum atomic E-state index is 12.5. The Bertz CT molecular complexity index is 979. The van der Waals surface area contributed by atoms with Crippen molar-refractivity contribution in [2.24, 2.45) is 13.0 Å². The van der Waals surface area contributed by atoms with E-state index >= 15 is 0 Å². The van der Waals surface area contributed by atoms with E-state index in [1.165, 1.54) is 0 Å². The van der Waals surface area contributed by atoms with Gasteiger partial charge in [0.15, 0.2) is 5.52 Å². The summed E-state index contributed by atoms with van der Waals surface area (Å²) in [6.07, 6.45) is 4.20. The van der Waals surface area contributed by atoms with Crippen LogP contribution in [0, 0.1) is 12.8 Å². The van der Waals surface area contributed by atoms with Crippen LogP contribution in [0.1, 0.15) is 22.5 Å². The molecule has 3 aromatic heterocycles. The molecule has 0 radical (unpaired) electrons. The summed E-state index contributed by atoms with van der Waals surface area (Å²) in [5.41, 5.74) is 3.24. The molecule has 8 heteroatoms. The maximum Gasteiger partial charge on any atom is 0.274 e. The Morgan fingerprint density at radius 2 is 2.33 bits per heavy atom. The highest BCUT2D eigenvalue weighted by atomic mass is 16.5. The van der Waals surface area contributed by atoms with Crippen molar-refractivity contribution in [1.82, 2.24) is 19.7 Å². The number of carbonyl (C=O) groups excluding carboxylic acids is 1. The van der Waals surface area contributed by atoms with E-state index in [2.05, 4.69) is 20.4 Å². The highest BCUT2D eigenvalue weighted by Gasteiger charge is 2.19. The first-order valence-corrected chi connectivity index (χ1v) is 8.88. The third-order valence-corrected chi connectivity index (χ3v) is 4.62. The zero-order chi connectivity index (χ0) is 18.8. The van der Waals surface area contributed by atoms with Crippen LogP contribution in [0.25, 0.3) is 11.0 Å². The van der Waals surface area contributed by atoms with Gasteiger partial charge in [0, 0.05) is 25.8 Å². The topological polar surface area (TPSA) is 91.2 Å². The maximum absolute atomic E-state index is 12.5. The lowest BCUT2D eigenvalue weighted by atomic mass is 10.1. The number of amides is 1. The van der Waals surface area contributed by atoms with Gasteiger partial charge in [0.05, 0.1) is 30.6 Å². The molecule has 0 bridgehead atoms. The Balaban J connectivity index is 1.53. The lowest BCUT2D eigenvalue weighted by molar-refractivity contribution is 0.102. The van der Waals surface area contributed by atoms with Crippen molar-refractivity contribution >= 4 is 22.6 Å². The largest absolute Gasteiger partial charge is 0.475 e. The lowest BCUT2D eigenvalue weighted by Crippen LogP contribution is -2.15. The average molecular weight is 367 g/mol. The summed E-state index contributed by atoms with van der Waals surface area (Å²) in [6, 6.07) is 5.48. The molecule has 27 heavy (non-hydrogen) atoms. The zero-order valence-corrected chi connectivity index (χ0v) is 15.3. The van der Waals surface area contributed by atoms with Crippen molar-refractivity contribution in [2.45, 2.75) is 13.3 Å². The van der Waals surface area contributed by atoms with Gasteiger partial charge in [0.1, 0.15) is 5.69 Å². The molecule has 1 fully saturated rings. The molecule has 1 aliphatic heterocycles. The predicted octanol–water partition coefficient (Wildman–Crippen LogP) is 2.34. The molecule has 1 aliphatic rings. The molecule has 4 rings (SSSR count). The fourth-order valence-electron chi connectivity index (χ4n) is 3.09. The number of ether oxygens (including phenoxy) is 2. The van der Waals surface area contributed by atoms with Gasteiger partial charge in [0.2, 0.25) is 0 Å². The normalized spacial score (nSPS) is 16.6. The first-order valence-electron chi connectivity index (χ1n) is 8.88. The minimum atomic E-state index is -0.269. The van der Waals surface area contributed by atoms with Crippen molar-refractivity contribution in [3.8, 4) is 5.88 Å². The molecule has 1 N–H and O–H groups in total. The van der Waals surface area contributed by atoms with Gasteiger partial charge in [-0.25, -0.2) is 4.98 Å². The molecule has 1 saturated heterocycles. The van der Waals surface area contributed by atoms with Crippen LogP contribution in [0.5, 0.6) is 5.88 Å². The van der Waals surface area contributed by atoms with Crippen LogP contribution in [0.4, 0.5) is 5.69 Å². The van der Waals surface area contributed by atoms with E-state index in [-0.39, 0.29) is 5.91 Å². The van der Waals surface area contributed by atoms with Gasteiger partial charge >= 0.3 is 0 Å². The number of hydrogen-bond acceptors (Lipinski definition) is 6. The molecule has 8 nitrogen and oxygen atoms in total. The molecule has 0 aliphatic carbocycles. The van der Waals surface area contributed by atoms with Gasteiger partial charge in [-0.15, -0.1) is 5.10 Å². The van der Waals surface area contributed by atoms with Gasteiger partial charge < -0.3 is 14.8 Å². The summed E-state index contributed by atoms with van der Waals surface area (Å²) in [4.78, 5) is 21.0. The molecule has 1 amide bonds. The van der Waals surface area contributed by atoms with Crippen LogP contribution in [0.15, 0.2) is 30.6 Å². The van der Waals surface area contributed by atoms with E-state index in [0.29, 0.717) is 35.3 Å². The summed E-state index contributed by atoms with van der Waals surface area (Å²) in [5, 5.41) is 7.25. The Morgan fingerprint density at radius 1 is 1.44 bits per heavy atom. The molecule has 3 aromatic rings. The number of aryl methyl sites for hydroxylation is 2. The van der Waals surface area contributed by atoms with Crippen LogP contribution in [0.3, 0.4) is 0 Å². The number of rotatable bonds is 5. The van der Waals surface area contributed by atoms with Crippen molar-refractivity contribution in [2.75, 3.05) is 25.1 Å². The van der Waals surface area contributed by atoms with Gasteiger partial charge in [-0.3, -0.25) is 14.5 Å². The average Bonchev–Trinajstić information content (AvgIpc) is 3.28. The lowest BCUT2D eigenvalue weighted by Gasteiger charge is -2.08. The van der Waals surface area contributed by atoms with Crippen LogP contribution in [-0.4, -0.2) is 45.5 Å². The van der Waals surface area contributed by atoms with Gasteiger partial charge in [0.25, 0.3) is 11.8 Å². The minimum absolute atomic E-state index is 0.269. The van der Waals surface area contributed by atoms with Crippen molar-refractivity contribution in [3.63, 3.8) is 0 Å². The molecular formula is C19H21N5O3. The Morgan fingerprint density at radius 3 is 3.11 bits per heavy atom. The number of carbonyl (C=O) groups is 1. The van der Waals surface area contributed by atoms with E-state index in [0.717, 1.165) is 30.7 Å². The van der Waals surface area contributed by atoms with E-state index in [1.807, 2.05) is 26.1 Å². The molecule has 0 saturated carbocycles. The van der Waals surface area contributed by atoms with Crippen molar-refractivity contribution in [1.29, 1.82) is 0 Å². The molecule has 140 valence electrons. The molecule has 0 spiro atoms. The smallest absolute Gasteiger partial charge is 0.274 e.